The van der Waals surface area contributed by atoms with Crippen molar-refractivity contribution in [3.63, 3.8) is 0 Å². The summed E-state index contributed by atoms with van der Waals surface area (Å²) in [5.41, 5.74) is 2.28. The Balaban J connectivity index is 2.48. The summed E-state index contributed by atoms with van der Waals surface area (Å²) in [4.78, 5) is 0. The molecule has 2 nitrogen and oxygen atoms in total. The minimum absolute atomic E-state index is 0.227. The lowest BCUT2D eigenvalue weighted by atomic mass is 9.99. The molecule has 1 aromatic rings. The van der Waals surface area contributed by atoms with Crippen LogP contribution < -0.4 is 0 Å². The minimum atomic E-state index is -0.421. The first-order chi connectivity index (χ1) is 8.00. The van der Waals surface area contributed by atoms with Crippen molar-refractivity contribution in [3.8, 4) is 0 Å². The predicted molar refractivity (Wildman–Crippen MR) is 71.2 cm³/mol. The van der Waals surface area contributed by atoms with Crippen molar-refractivity contribution in [2.24, 2.45) is 0 Å². The van der Waals surface area contributed by atoms with E-state index in [1.165, 1.54) is 5.56 Å². The highest BCUT2D eigenvalue weighted by Gasteiger charge is 2.08. The van der Waals surface area contributed by atoms with Crippen molar-refractivity contribution >= 4 is 0 Å². The number of aliphatic hydroxyl groups excluding tert-OH is 1. The predicted octanol–water partition coefficient (Wildman–Crippen LogP) is 3.66. The Bertz CT molecular complexity index is 314. The van der Waals surface area contributed by atoms with Gasteiger partial charge in [-0.3, -0.25) is 0 Å². The smallest absolute Gasteiger partial charge is 0.0812 e. The van der Waals surface area contributed by atoms with Gasteiger partial charge in [-0.2, -0.15) is 0 Å². The minimum Gasteiger partial charge on any atom is -0.388 e. The SMILES string of the molecule is CC(C)OCCC(O)c1ccc(C(C)C)cc1. The van der Waals surface area contributed by atoms with Gasteiger partial charge in [-0.25, -0.2) is 0 Å². The molecule has 0 aliphatic heterocycles. The highest BCUT2D eigenvalue weighted by atomic mass is 16.5. The number of hydrogen-bond acceptors (Lipinski definition) is 2. The summed E-state index contributed by atoms with van der Waals surface area (Å²) >= 11 is 0. The van der Waals surface area contributed by atoms with E-state index in [0.29, 0.717) is 18.9 Å². The Morgan fingerprint density at radius 3 is 2.00 bits per heavy atom. The topological polar surface area (TPSA) is 29.5 Å². The summed E-state index contributed by atoms with van der Waals surface area (Å²) < 4.78 is 5.44. The van der Waals surface area contributed by atoms with Crippen molar-refractivity contribution < 1.29 is 9.84 Å². The summed E-state index contributed by atoms with van der Waals surface area (Å²) in [5, 5.41) is 9.98. The number of rotatable bonds is 6. The summed E-state index contributed by atoms with van der Waals surface area (Å²) in [7, 11) is 0. The molecule has 0 saturated carbocycles. The van der Waals surface area contributed by atoms with Crippen LogP contribution >= 0.6 is 0 Å². The van der Waals surface area contributed by atoms with Crippen LogP contribution in [-0.4, -0.2) is 17.8 Å². The molecule has 0 heterocycles. The van der Waals surface area contributed by atoms with Crippen LogP contribution in [0.1, 0.15) is 57.3 Å². The molecule has 17 heavy (non-hydrogen) atoms. The molecule has 0 fully saturated rings. The summed E-state index contributed by atoms with van der Waals surface area (Å²) in [6.45, 7) is 8.95. The fourth-order valence-corrected chi connectivity index (χ4v) is 1.69. The van der Waals surface area contributed by atoms with Crippen molar-refractivity contribution in [2.45, 2.75) is 52.2 Å². The maximum Gasteiger partial charge on any atom is 0.0812 e. The Morgan fingerprint density at radius 1 is 1.00 bits per heavy atom. The molecule has 0 aliphatic rings. The summed E-state index contributed by atoms with van der Waals surface area (Å²) in [6.07, 6.45) is 0.458. The van der Waals surface area contributed by atoms with E-state index in [1.807, 2.05) is 26.0 Å². The third-order valence-electron chi connectivity index (χ3n) is 2.83. The first-order valence-electron chi connectivity index (χ1n) is 6.40. The molecule has 1 atom stereocenters. The molecule has 1 aromatic carbocycles. The van der Waals surface area contributed by atoms with Crippen LogP contribution in [0.15, 0.2) is 24.3 Å². The molecular formula is C15H24O2. The van der Waals surface area contributed by atoms with Crippen LogP contribution in [0.2, 0.25) is 0 Å². The summed E-state index contributed by atoms with van der Waals surface area (Å²) in [6, 6.07) is 8.20. The van der Waals surface area contributed by atoms with Gasteiger partial charge in [0, 0.05) is 13.0 Å². The third-order valence-corrected chi connectivity index (χ3v) is 2.83. The van der Waals surface area contributed by atoms with Gasteiger partial charge in [-0.15, -0.1) is 0 Å². The monoisotopic (exact) mass is 236 g/mol. The van der Waals surface area contributed by atoms with E-state index < -0.39 is 6.10 Å². The van der Waals surface area contributed by atoms with Crippen LogP contribution in [0.4, 0.5) is 0 Å². The molecule has 1 unspecified atom stereocenters. The molecule has 96 valence electrons. The van der Waals surface area contributed by atoms with Crippen LogP contribution in [0, 0.1) is 0 Å². The van der Waals surface area contributed by atoms with Crippen LogP contribution in [0.25, 0.3) is 0 Å². The van der Waals surface area contributed by atoms with Crippen LogP contribution in [0.5, 0.6) is 0 Å². The zero-order chi connectivity index (χ0) is 12.8. The second kappa shape index (κ2) is 6.77. The number of benzene rings is 1. The Morgan fingerprint density at radius 2 is 1.53 bits per heavy atom. The largest absolute Gasteiger partial charge is 0.388 e. The maximum atomic E-state index is 9.98. The molecule has 0 spiro atoms. The van der Waals surface area contributed by atoms with Crippen LogP contribution in [0.3, 0.4) is 0 Å². The lowest BCUT2D eigenvalue weighted by molar-refractivity contribution is 0.0465. The third kappa shape index (κ3) is 4.88. The van der Waals surface area contributed by atoms with E-state index in [2.05, 4.69) is 26.0 Å². The first kappa shape index (κ1) is 14.2. The van der Waals surface area contributed by atoms with Gasteiger partial charge in [-0.1, -0.05) is 38.1 Å². The fraction of sp³-hybridized carbons (Fsp3) is 0.600. The number of hydrogen-bond donors (Lipinski definition) is 1. The van der Waals surface area contributed by atoms with Gasteiger partial charge >= 0.3 is 0 Å². The highest BCUT2D eigenvalue weighted by Crippen LogP contribution is 2.20. The van der Waals surface area contributed by atoms with Gasteiger partial charge in [0.1, 0.15) is 0 Å². The standard InChI is InChI=1S/C15H24O2/c1-11(2)13-5-7-14(8-6-13)15(16)9-10-17-12(3)4/h5-8,11-12,15-16H,9-10H2,1-4H3. The average Bonchev–Trinajstić information content (AvgIpc) is 2.28. The van der Waals surface area contributed by atoms with Gasteiger partial charge in [0.05, 0.1) is 12.2 Å². The van der Waals surface area contributed by atoms with Gasteiger partial charge in [0.2, 0.25) is 0 Å². The Hall–Kier alpha value is -0.860. The molecule has 0 bridgehead atoms. The lowest BCUT2D eigenvalue weighted by Crippen LogP contribution is -2.08. The van der Waals surface area contributed by atoms with E-state index in [9.17, 15) is 5.11 Å². The Kier molecular flexibility index (Phi) is 5.66. The number of aliphatic hydroxyl groups is 1. The van der Waals surface area contributed by atoms with E-state index in [1.54, 1.807) is 0 Å². The molecule has 2 heteroatoms. The number of ether oxygens (including phenoxy) is 1. The van der Waals surface area contributed by atoms with Crippen molar-refractivity contribution in [1.29, 1.82) is 0 Å². The van der Waals surface area contributed by atoms with Crippen LogP contribution in [-0.2, 0) is 4.74 Å². The van der Waals surface area contributed by atoms with Gasteiger partial charge < -0.3 is 9.84 Å². The zero-order valence-electron chi connectivity index (χ0n) is 11.3. The molecular weight excluding hydrogens is 212 g/mol. The highest BCUT2D eigenvalue weighted by molar-refractivity contribution is 5.26. The molecule has 1 rings (SSSR count). The van der Waals surface area contributed by atoms with Crippen molar-refractivity contribution in [1.82, 2.24) is 0 Å². The van der Waals surface area contributed by atoms with Gasteiger partial charge in [0.15, 0.2) is 0 Å². The second-order valence-corrected chi connectivity index (χ2v) is 5.05. The zero-order valence-corrected chi connectivity index (χ0v) is 11.3. The van der Waals surface area contributed by atoms with Gasteiger partial charge in [-0.05, 0) is 30.9 Å². The quantitative estimate of drug-likeness (QED) is 0.816. The van der Waals surface area contributed by atoms with E-state index >= 15 is 0 Å². The van der Waals surface area contributed by atoms with E-state index in [0.717, 1.165) is 5.56 Å². The average molecular weight is 236 g/mol. The van der Waals surface area contributed by atoms with Crippen molar-refractivity contribution in [3.05, 3.63) is 35.4 Å². The van der Waals surface area contributed by atoms with E-state index in [-0.39, 0.29) is 6.10 Å². The molecule has 0 radical (unpaired) electrons. The fourth-order valence-electron chi connectivity index (χ4n) is 1.69. The summed E-state index contributed by atoms with van der Waals surface area (Å²) in [5.74, 6) is 0.533. The molecule has 0 amide bonds. The molecule has 0 aliphatic carbocycles. The molecule has 0 aromatic heterocycles. The molecule has 0 saturated heterocycles. The normalized spacial score (nSPS) is 13.4. The van der Waals surface area contributed by atoms with Gasteiger partial charge in [0.25, 0.3) is 0 Å². The Labute approximate surface area is 105 Å². The van der Waals surface area contributed by atoms with Crippen molar-refractivity contribution in [2.75, 3.05) is 6.61 Å². The second-order valence-electron chi connectivity index (χ2n) is 5.05. The molecule has 1 N–H and O–H groups in total. The maximum absolute atomic E-state index is 9.98. The lowest BCUT2D eigenvalue weighted by Gasteiger charge is -2.14. The van der Waals surface area contributed by atoms with E-state index in [4.69, 9.17) is 4.74 Å². The first-order valence-corrected chi connectivity index (χ1v) is 6.40.